The van der Waals surface area contributed by atoms with Crippen LogP contribution in [-0.2, 0) is 26.5 Å². The van der Waals surface area contributed by atoms with Crippen molar-refractivity contribution >= 4 is 34.0 Å². The summed E-state index contributed by atoms with van der Waals surface area (Å²) in [5, 5.41) is 9.57. The van der Waals surface area contributed by atoms with Crippen LogP contribution >= 0.6 is 0 Å². The maximum absolute atomic E-state index is 13.3. The zero-order valence-electron chi connectivity index (χ0n) is 43.9. The van der Waals surface area contributed by atoms with Crippen LogP contribution in [0.25, 0.3) is 50.2 Å². The van der Waals surface area contributed by atoms with Crippen LogP contribution in [0.2, 0.25) is 0 Å². The summed E-state index contributed by atoms with van der Waals surface area (Å²) in [6.07, 6.45) is 4.43. The Morgan fingerprint density at radius 1 is 0.921 bits per heavy atom. The summed E-state index contributed by atoms with van der Waals surface area (Å²) in [5.74, 6) is -1.39. The van der Waals surface area contributed by atoms with E-state index in [1.807, 2.05) is 125 Å². The molecule has 326 valence electrons. The number of hydrogen-bond donors (Lipinski definition) is 0. The van der Waals surface area contributed by atoms with Gasteiger partial charge in [0, 0.05) is 15.3 Å². The van der Waals surface area contributed by atoms with Crippen LogP contribution in [0.15, 0.2) is 146 Å². The number of aromatic nitrogens is 2. The number of fused-ring (bicyclic) bond motifs is 1. The number of benzene rings is 5. The molecule has 63 heavy (non-hydrogen) atoms. The van der Waals surface area contributed by atoms with Gasteiger partial charge >= 0.3 is 26.3 Å². The van der Waals surface area contributed by atoms with E-state index in [2.05, 4.69) is 18.7 Å². The van der Waals surface area contributed by atoms with E-state index in [1.54, 1.807) is 30.4 Å². The molecule has 1 heterocycles. The molecule has 0 unspecified atom stereocenters. The predicted molar refractivity (Wildman–Crippen MR) is 258 cm³/mol. The topological polar surface area (TPSA) is 40.1 Å². The molecule has 7 heteroatoms. The fourth-order valence-corrected chi connectivity index (χ4v) is 6.62. The second-order valence-corrected chi connectivity index (χ2v) is 15.7. The number of allylic oxidation sites excluding steroid dienone is 9. The summed E-state index contributed by atoms with van der Waals surface area (Å²) in [5.41, 5.74) is 5.79. The quantitative estimate of drug-likeness (QED) is 0.0645. The van der Waals surface area contributed by atoms with Gasteiger partial charge in [0.2, 0.25) is 0 Å². The summed E-state index contributed by atoms with van der Waals surface area (Å²) < 4.78 is 100. The molecule has 0 spiro atoms. The van der Waals surface area contributed by atoms with Crippen molar-refractivity contribution < 1.29 is 42.9 Å². The van der Waals surface area contributed by atoms with E-state index in [9.17, 15) is 18.6 Å². The first-order valence-electron chi connectivity index (χ1n) is 23.7. The average Bonchev–Trinajstić information content (AvgIpc) is 3.67. The van der Waals surface area contributed by atoms with Crippen molar-refractivity contribution in [3.05, 3.63) is 203 Å². The molecule has 1 aromatic heterocycles. The van der Waals surface area contributed by atoms with Crippen molar-refractivity contribution in [2.45, 2.75) is 86.6 Å². The molecule has 3 nitrogen and oxygen atoms in total. The van der Waals surface area contributed by atoms with Gasteiger partial charge in [-0.1, -0.05) is 152 Å². The van der Waals surface area contributed by atoms with Crippen molar-refractivity contribution in [3.63, 3.8) is 0 Å². The van der Waals surface area contributed by atoms with E-state index < -0.39 is 36.6 Å². The molecule has 0 bridgehead atoms. The molecule has 0 fully saturated rings. The van der Waals surface area contributed by atoms with Crippen molar-refractivity contribution in [2.24, 2.45) is 5.41 Å². The fourth-order valence-electron chi connectivity index (χ4n) is 6.62. The molecular formula is C56H57F3IrN3. The van der Waals surface area contributed by atoms with Gasteiger partial charge in [-0.05, 0) is 70.6 Å². The second kappa shape index (κ2) is 22.1. The number of halogens is 3. The van der Waals surface area contributed by atoms with Gasteiger partial charge in [-0.25, -0.2) is 0 Å². The molecule has 0 aliphatic rings. The Kier molecular flexibility index (Phi) is 14.1. The van der Waals surface area contributed by atoms with Gasteiger partial charge in [-0.3, -0.25) is 4.98 Å². The Bertz CT molecular complexity index is 2900. The standard InChI is InChI=1S/C33H35N2.C23H22F3N.Ir/c1-8-9-10-14-24(6)29-21-26(20-19-25(29)7)33-34-30-17-11-12-18-31(30)35(33)32-27(22(2)3)15-13-16-28(32)23(4)5;1-17(19-7-5-4-6-8-19)9-12-21(16-27)20-13-10-18(11-14-20)15-22(2,3)23(24,25)26;/h8-19,21-23H,6H2,1-5,7H3;4-7,9-14,16H,15H2,1-3H3;/q-1;-2;+3/b9-8-,14-10-;17-9+,21-12+;/i7D3,22D,23D;15D2;. The number of nitrogens with zero attached hydrogens (tertiary/aromatic N) is 3. The van der Waals surface area contributed by atoms with E-state index in [1.165, 1.54) is 30.3 Å². The molecule has 0 aliphatic carbocycles. The minimum atomic E-state index is -4.70. The molecule has 0 saturated heterocycles. The van der Waals surface area contributed by atoms with Crippen molar-refractivity contribution in [1.82, 2.24) is 9.55 Å². The molecule has 5 aromatic carbocycles. The third-order valence-corrected chi connectivity index (χ3v) is 10.2. The Hall–Kier alpha value is -5.62. The maximum atomic E-state index is 13.3. The number of para-hydroxylation sites is 3. The average molecular weight is 1030 g/mol. The predicted octanol–water partition coefficient (Wildman–Crippen LogP) is 15.9. The summed E-state index contributed by atoms with van der Waals surface area (Å²) in [4.78, 5) is 4.98. The Morgan fingerprint density at radius 3 is 2.17 bits per heavy atom. The molecule has 6 rings (SSSR count). The van der Waals surface area contributed by atoms with E-state index in [-0.39, 0.29) is 31.2 Å². The van der Waals surface area contributed by atoms with Crippen LogP contribution in [-0.4, -0.2) is 21.9 Å². The van der Waals surface area contributed by atoms with Gasteiger partial charge in [0.1, 0.15) is 0 Å². The molecule has 0 saturated carbocycles. The smallest absolute Gasteiger partial charge is 0.810 e. The van der Waals surface area contributed by atoms with E-state index in [0.717, 1.165) is 59.0 Å². The Labute approximate surface area is 396 Å². The van der Waals surface area contributed by atoms with Gasteiger partial charge < -0.3 is 9.98 Å². The first-order valence-corrected chi connectivity index (χ1v) is 20.2. The summed E-state index contributed by atoms with van der Waals surface area (Å²) in [6.45, 7) is 14.6. The summed E-state index contributed by atoms with van der Waals surface area (Å²) in [7, 11) is 0. The van der Waals surface area contributed by atoms with E-state index >= 15 is 0 Å². The fraction of sp³-hybridized carbons (Fsp3) is 0.250. The number of alkyl halides is 3. The van der Waals surface area contributed by atoms with Crippen molar-refractivity contribution in [3.8, 4) is 17.1 Å². The van der Waals surface area contributed by atoms with Crippen LogP contribution in [0.5, 0.6) is 0 Å². The van der Waals surface area contributed by atoms with Crippen LogP contribution in [0.4, 0.5) is 13.2 Å². The molecule has 0 amide bonds. The van der Waals surface area contributed by atoms with Gasteiger partial charge in [-0.15, -0.1) is 76.9 Å². The molecule has 0 N–H and O–H groups in total. The van der Waals surface area contributed by atoms with E-state index in [4.69, 9.17) is 14.6 Å². The zero-order chi connectivity index (χ0) is 51.3. The Balaban J connectivity index is 0.000000316. The first-order chi connectivity index (χ1) is 32.1. The molecule has 0 aliphatic heterocycles. The molecular weight excluding hydrogens is 964 g/mol. The number of imidazole rings is 1. The summed E-state index contributed by atoms with van der Waals surface area (Å²) >= 11 is 0. The van der Waals surface area contributed by atoms with Gasteiger partial charge in [0.25, 0.3) is 0 Å². The van der Waals surface area contributed by atoms with Gasteiger partial charge in [0.15, 0.2) is 0 Å². The minimum absolute atomic E-state index is 0. The van der Waals surface area contributed by atoms with Crippen LogP contribution in [0.1, 0.15) is 116 Å². The minimum Gasteiger partial charge on any atom is -0.810 e. The Morgan fingerprint density at radius 2 is 1.59 bits per heavy atom. The first kappa shape index (κ1) is 40.2. The number of rotatable bonds is 13. The SMILES string of the molecule is [2H]C([2H])([2H])c1c[c-]c(-c2nc3ccccc3n2-c2c(C([2H])(C)C)cccc2C([2H])(C)C)cc1C(=C)/C=C\C=C/C.[2H]C([2H])(c1ccc(/C(C=[N-])=C/C=C(\C)c2[c-]cccc2)cc1)C(C)(C)C(F)(F)F.[Ir+3]. The monoisotopic (exact) mass is 1030 g/mol. The van der Waals surface area contributed by atoms with Crippen LogP contribution in [0, 0.1) is 24.4 Å². The van der Waals surface area contributed by atoms with E-state index in [0.29, 0.717) is 33.7 Å². The maximum Gasteiger partial charge on any atom is 3.00 e. The van der Waals surface area contributed by atoms with Crippen molar-refractivity contribution in [2.75, 3.05) is 0 Å². The number of aryl methyl sites for hydroxylation is 1. The van der Waals surface area contributed by atoms with Crippen molar-refractivity contribution in [1.29, 1.82) is 0 Å². The van der Waals surface area contributed by atoms with Crippen LogP contribution < -0.4 is 0 Å². The van der Waals surface area contributed by atoms with Gasteiger partial charge in [0.05, 0.1) is 22.3 Å². The third kappa shape index (κ3) is 12.3. The van der Waals surface area contributed by atoms with Gasteiger partial charge in [-0.2, -0.15) is 19.4 Å². The second-order valence-electron chi connectivity index (χ2n) is 15.7. The molecule has 0 radical (unpaired) electrons. The largest absolute Gasteiger partial charge is 3.00 e. The molecule has 6 aromatic rings. The third-order valence-electron chi connectivity index (χ3n) is 10.2. The zero-order valence-corrected chi connectivity index (χ0v) is 39.3. The van der Waals surface area contributed by atoms with Crippen LogP contribution in [0.3, 0.4) is 0 Å². The molecule has 0 atom stereocenters. The summed E-state index contributed by atoms with van der Waals surface area (Å²) in [6, 6.07) is 36.2. The normalized spacial score (nSPS) is 14.9. The number of hydrogen-bond acceptors (Lipinski definition) is 1.